The Kier molecular flexibility index (Phi) is 10.2. The van der Waals surface area contributed by atoms with Gasteiger partial charge >= 0.3 is 0 Å². The van der Waals surface area contributed by atoms with Crippen molar-refractivity contribution in [1.29, 1.82) is 0 Å². The van der Waals surface area contributed by atoms with Crippen LogP contribution in [0.5, 0.6) is 0 Å². The molecule has 0 aliphatic carbocycles. The second kappa shape index (κ2) is 17.6. The predicted molar refractivity (Wildman–Crippen MR) is 309 cm³/mol. The van der Waals surface area contributed by atoms with Gasteiger partial charge in [-0.2, -0.15) is 0 Å². The van der Waals surface area contributed by atoms with E-state index in [0.717, 1.165) is 34.0 Å². The van der Waals surface area contributed by atoms with Gasteiger partial charge in [-0.3, -0.25) is 0 Å². The average molecular weight is 930 g/mol. The van der Waals surface area contributed by atoms with Gasteiger partial charge in [-0.05, 0) is 159 Å². The van der Waals surface area contributed by atoms with Crippen LogP contribution in [0, 0.1) is 0 Å². The van der Waals surface area contributed by atoms with E-state index in [-0.39, 0.29) is 0 Å². The van der Waals surface area contributed by atoms with Crippen molar-refractivity contribution < 1.29 is 0 Å². The van der Waals surface area contributed by atoms with Crippen molar-refractivity contribution in [2.75, 3.05) is 4.90 Å². The summed E-state index contributed by atoms with van der Waals surface area (Å²) < 4.78 is 4.77. The molecule has 12 aromatic carbocycles. The zero-order valence-electron chi connectivity index (χ0n) is 40.0. The molecule has 342 valence electrons. The Labute approximate surface area is 424 Å². The van der Waals surface area contributed by atoms with Gasteiger partial charge in [-0.15, -0.1) is 0 Å². The molecule has 0 spiro atoms. The third-order valence-corrected chi connectivity index (χ3v) is 14.7. The largest absolute Gasteiger partial charge is 0.310 e. The molecule has 0 saturated heterocycles. The number of para-hydroxylation sites is 5. The summed E-state index contributed by atoms with van der Waals surface area (Å²) in [5.74, 6) is 0. The molecule has 2 heterocycles. The fourth-order valence-corrected chi connectivity index (χ4v) is 11.2. The fraction of sp³-hybridized carbons (Fsp3) is 0. The minimum absolute atomic E-state index is 1.11. The molecular formula is C70H47N3. The smallest absolute Gasteiger partial charge is 0.0541 e. The van der Waals surface area contributed by atoms with Crippen LogP contribution < -0.4 is 4.90 Å². The van der Waals surface area contributed by atoms with Crippen molar-refractivity contribution in [2.24, 2.45) is 0 Å². The molecule has 0 amide bonds. The molecule has 73 heavy (non-hydrogen) atoms. The molecule has 0 fully saturated rings. The minimum atomic E-state index is 1.11. The van der Waals surface area contributed by atoms with Gasteiger partial charge < -0.3 is 14.0 Å². The fourth-order valence-electron chi connectivity index (χ4n) is 11.2. The number of anilines is 3. The standard InChI is InChI=1S/C70H47N3/c1-4-19-57(20-5-1)71(66-30-16-18-51-17-10-11-25-61(51)66)60-39-35-49(36-40-60)48-31-33-50(34-32-48)54-43-55(52-37-41-69-64(46-52)62-26-12-14-28-67(62)72(69)58-21-6-2-7-22-58)45-56(44-54)53-38-42-70-65(47-53)63-27-13-15-29-68(63)73(70)59-23-8-3-9-24-59/h1-47H. The van der Waals surface area contributed by atoms with Gasteiger partial charge in [0.05, 0.1) is 27.8 Å². The van der Waals surface area contributed by atoms with Gasteiger partial charge in [-0.25, -0.2) is 0 Å². The minimum Gasteiger partial charge on any atom is -0.310 e. The first-order valence-corrected chi connectivity index (χ1v) is 25.1. The number of hydrogen-bond acceptors (Lipinski definition) is 1. The molecule has 3 nitrogen and oxygen atoms in total. The highest BCUT2D eigenvalue weighted by Crippen LogP contribution is 2.42. The summed E-state index contributed by atoms with van der Waals surface area (Å²) >= 11 is 0. The van der Waals surface area contributed by atoms with Crippen molar-refractivity contribution in [2.45, 2.75) is 0 Å². The Morgan fingerprint density at radius 3 is 1.12 bits per heavy atom. The maximum atomic E-state index is 2.39. The molecule has 0 N–H and O–H groups in total. The Balaban J connectivity index is 0.879. The van der Waals surface area contributed by atoms with Crippen LogP contribution in [0.1, 0.15) is 0 Å². The van der Waals surface area contributed by atoms with Crippen LogP contribution in [0.25, 0.3) is 110 Å². The summed E-state index contributed by atoms with van der Waals surface area (Å²) in [4.78, 5) is 2.36. The number of hydrogen-bond donors (Lipinski definition) is 0. The first-order valence-electron chi connectivity index (χ1n) is 25.1. The van der Waals surface area contributed by atoms with E-state index >= 15 is 0 Å². The number of nitrogens with zero attached hydrogens (tertiary/aromatic N) is 3. The van der Waals surface area contributed by atoms with Gasteiger partial charge in [0, 0.05) is 49.7 Å². The lowest BCUT2D eigenvalue weighted by Gasteiger charge is -2.27. The summed E-state index contributed by atoms with van der Waals surface area (Å²) in [7, 11) is 0. The van der Waals surface area contributed by atoms with Crippen LogP contribution in [-0.4, -0.2) is 9.13 Å². The Hall–Kier alpha value is -9.70. The third kappa shape index (κ3) is 7.37. The Bertz CT molecular complexity index is 4160. The van der Waals surface area contributed by atoms with E-state index in [2.05, 4.69) is 299 Å². The van der Waals surface area contributed by atoms with Gasteiger partial charge in [0.15, 0.2) is 0 Å². The van der Waals surface area contributed by atoms with E-state index in [1.165, 1.54) is 93.3 Å². The molecular weight excluding hydrogens is 883 g/mol. The van der Waals surface area contributed by atoms with E-state index in [9.17, 15) is 0 Å². The maximum Gasteiger partial charge on any atom is 0.0541 e. The van der Waals surface area contributed by atoms with E-state index in [4.69, 9.17) is 0 Å². The quantitative estimate of drug-likeness (QED) is 0.141. The summed E-state index contributed by atoms with van der Waals surface area (Å²) in [5, 5.41) is 7.39. The average Bonchev–Trinajstić information content (AvgIpc) is 3.98. The monoisotopic (exact) mass is 929 g/mol. The second-order valence-electron chi connectivity index (χ2n) is 18.9. The van der Waals surface area contributed by atoms with Crippen LogP contribution in [0.2, 0.25) is 0 Å². The third-order valence-electron chi connectivity index (χ3n) is 14.7. The van der Waals surface area contributed by atoms with E-state index in [1.807, 2.05) is 0 Å². The lowest BCUT2D eigenvalue weighted by molar-refractivity contribution is 1.18. The molecule has 0 atom stereocenters. The zero-order valence-corrected chi connectivity index (χ0v) is 40.0. The number of rotatable bonds is 9. The van der Waals surface area contributed by atoms with Crippen LogP contribution in [0.4, 0.5) is 17.1 Å². The Morgan fingerprint density at radius 1 is 0.219 bits per heavy atom. The predicted octanol–water partition coefficient (Wildman–Crippen LogP) is 19.2. The first-order chi connectivity index (χ1) is 36.2. The van der Waals surface area contributed by atoms with Gasteiger partial charge in [-0.1, -0.05) is 176 Å². The van der Waals surface area contributed by atoms with Gasteiger partial charge in [0.25, 0.3) is 0 Å². The van der Waals surface area contributed by atoms with Gasteiger partial charge in [0.1, 0.15) is 0 Å². The van der Waals surface area contributed by atoms with Gasteiger partial charge in [0.2, 0.25) is 0 Å². The van der Waals surface area contributed by atoms with Crippen molar-refractivity contribution in [3.8, 4) is 55.9 Å². The van der Waals surface area contributed by atoms with E-state index in [1.54, 1.807) is 0 Å². The lowest BCUT2D eigenvalue weighted by Crippen LogP contribution is -2.10. The highest BCUT2D eigenvalue weighted by molar-refractivity contribution is 6.12. The van der Waals surface area contributed by atoms with Crippen LogP contribution >= 0.6 is 0 Å². The highest BCUT2D eigenvalue weighted by atomic mass is 15.1. The Morgan fingerprint density at radius 2 is 0.589 bits per heavy atom. The molecule has 0 saturated carbocycles. The zero-order chi connectivity index (χ0) is 48.2. The van der Waals surface area contributed by atoms with Crippen molar-refractivity contribution in [3.05, 3.63) is 285 Å². The molecule has 0 bridgehead atoms. The van der Waals surface area contributed by atoms with Crippen LogP contribution in [0.3, 0.4) is 0 Å². The van der Waals surface area contributed by atoms with Crippen molar-refractivity contribution in [1.82, 2.24) is 9.13 Å². The molecule has 14 aromatic rings. The SMILES string of the molecule is c1ccc(N(c2ccc(-c3ccc(-c4cc(-c5ccc6c(c5)c5ccccc5n6-c5ccccc5)cc(-c5ccc6c(c5)c5ccccc5n6-c5ccccc5)c4)cc3)cc2)c2cccc3ccccc23)cc1. The number of aromatic nitrogens is 2. The lowest BCUT2D eigenvalue weighted by atomic mass is 9.91. The topological polar surface area (TPSA) is 13.1 Å². The molecule has 0 aliphatic rings. The molecule has 2 aromatic heterocycles. The molecule has 0 aliphatic heterocycles. The normalized spacial score (nSPS) is 11.6. The molecule has 14 rings (SSSR count). The molecule has 0 radical (unpaired) electrons. The second-order valence-corrected chi connectivity index (χ2v) is 18.9. The maximum absolute atomic E-state index is 2.39. The van der Waals surface area contributed by atoms with Crippen molar-refractivity contribution in [3.63, 3.8) is 0 Å². The van der Waals surface area contributed by atoms with Crippen LogP contribution in [0.15, 0.2) is 285 Å². The van der Waals surface area contributed by atoms with Crippen molar-refractivity contribution >= 4 is 71.4 Å². The number of benzene rings is 12. The van der Waals surface area contributed by atoms with E-state index < -0.39 is 0 Å². The highest BCUT2D eigenvalue weighted by Gasteiger charge is 2.19. The summed E-state index contributed by atoms with van der Waals surface area (Å²) in [6.07, 6.45) is 0. The molecule has 0 unspecified atom stereocenters. The molecule has 3 heteroatoms. The number of fused-ring (bicyclic) bond motifs is 7. The summed E-state index contributed by atoms with van der Waals surface area (Å²) in [6, 6.07) is 104. The first kappa shape index (κ1) is 42.2. The summed E-state index contributed by atoms with van der Waals surface area (Å²) in [5.41, 5.74) is 19.9. The van der Waals surface area contributed by atoms with E-state index in [0.29, 0.717) is 0 Å². The summed E-state index contributed by atoms with van der Waals surface area (Å²) in [6.45, 7) is 0. The van der Waals surface area contributed by atoms with Crippen LogP contribution in [-0.2, 0) is 0 Å².